The maximum atomic E-state index is 12.7. The monoisotopic (exact) mass is 441 g/mol. The first-order chi connectivity index (χ1) is 13.3. The van der Waals surface area contributed by atoms with Crippen molar-refractivity contribution in [3.8, 4) is 0 Å². The van der Waals surface area contributed by atoms with Crippen LogP contribution < -0.4 is 5.32 Å². The Labute approximate surface area is 175 Å². The quantitative estimate of drug-likeness (QED) is 0.772. The molecule has 1 saturated heterocycles. The van der Waals surface area contributed by atoms with Gasteiger partial charge in [-0.25, -0.2) is 8.42 Å². The molecule has 28 heavy (non-hydrogen) atoms. The molecule has 1 amide bonds. The average molecular weight is 442 g/mol. The Morgan fingerprint density at radius 3 is 2.32 bits per heavy atom. The summed E-state index contributed by atoms with van der Waals surface area (Å²) < 4.78 is 26.9. The molecule has 1 aliphatic rings. The largest absolute Gasteiger partial charge is 0.323 e. The summed E-state index contributed by atoms with van der Waals surface area (Å²) in [6.07, 6.45) is 0. The van der Waals surface area contributed by atoms with Crippen LogP contribution in [0.25, 0.3) is 0 Å². The van der Waals surface area contributed by atoms with Gasteiger partial charge in [-0.2, -0.15) is 4.31 Å². The molecule has 150 valence electrons. The number of amides is 1. The van der Waals surface area contributed by atoms with Gasteiger partial charge in [0.05, 0.1) is 21.6 Å². The predicted molar refractivity (Wildman–Crippen MR) is 111 cm³/mol. The average Bonchev–Trinajstić information content (AvgIpc) is 2.71. The third-order valence-electron chi connectivity index (χ3n) is 4.77. The number of piperazine rings is 1. The Morgan fingerprint density at radius 1 is 1.04 bits per heavy atom. The number of carbonyl (C=O) groups is 1. The van der Waals surface area contributed by atoms with E-state index in [1.165, 1.54) is 4.31 Å². The van der Waals surface area contributed by atoms with Crippen LogP contribution in [0.15, 0.2) is 53.4 Å². The second-order valence-electron chi connectivity index (χ2n) is 6.54. The highest BCUT2D eigenvalue weighted by molar-refractivity contribution is 7.89. The van der Waals surface area contributed by atoms with Gasteiger partial charge in [0.2, 0.25) is 15.9 Å². The van der Waals surface area contributed by atoms with Crippen molar-refractivity contribution in [3.05, 3.63) is 58.6 Å². The number of nitrogens with zero attached hydrogens (tertiary/aromatic N) is 2. The summed E-state index contributed by atoms with van der Waals surface area (Å²) in [6, 6.07) is 12.8. The first kappa shape index (κ1) is 21.1. The van der Waals surface area contributed by atoms with Crippen molar-refractivity contribution >= 4 is 44.8 Å². The number of sulfonamides is 1. The summed E-state index contributed by atoms with van der Waals surface area (Å²) in [5.41, 5.74) is 0.455. The molecule has 0 saturated carbocycles. The predicted octanol–water partition coefficient (Wildman–Crippen LogP) is 3.33. The Balaban J connectivity index is 1.61. The zero-order valence-corrected chi connectivity index (χ0v) is 17.6. The molecule has 0 radical (unpaired) electrons. The van der Waals surface area contributed by atoms with Crippen molar-refractivity contribution in [2.45, 2.75) is 17.9 Å². The maximum absolute atomic E-state index is 12.7. The van der Waals surface area contributed by atoms with Gasteiger partial charge in [0.15, 0.2) is 0 Å². The molecule has 0 unspecified atom stereocenters. The highest BCUT2D eigenvalue weighted by Gasteiger charge is 2.31. The van der Waals surface area contributed by atoms with Crippen LogP contribution in [0.5, 0.6) is 0 Å². The number of hydrogen-bond donors (Lipinski definition) is 1. The highest BCUT2D eigenvalue weighted by Crippen LogP contribution is 2.26. The van der Waals surface area contributed by atoms with Gasteiger partial charge in [0.1, 0.15) is 0 Å². The van der Waals surface area contributed by atoms with Crippen LogP contribution in [0.2, 0.25) is 10.0 Å². The summed E-state index contributed by atoms with van der Waals surface area (Å²) in [5, 5.41) is 3.67. The lowest BCUT2D eigenvalue weighted by atomic mass is 10.2. The van der Waals surface area contributed by atoms with Crippen LogP contribution >= 0.6 is 23.2 Å². The van der Waals surface area contributed by atoms with E-state index < -0.39 is 16.1 Å². The zero-order chi connectivity index (χ0) is 20.3. The molecule has 2 aromatic rings. The fraction of sp³-hybridized carbons (Fsp3) is 0.316. The normalized spacial score (nSPS) is 17.2. The van der Waals surface area contributed by atoms with Crippen LogP contribution in [0, 0.1) is 0 Å². The number of nitrogens with one attached hydrogen (secondary N) is 1. The van der Waals surface area contributed by atoms with Gasteiger partial charge in [0, 0.05) is 31.2 Å². The Morgan fingerprint density at radius 2 is 1.68 bits per heavy atom. The fourth-order valence-corrected chi connectivity index (χ4v) is 4.85. The number of carbonyl (C=O) groups excluding carboxylic acids is 1. The number of benzene rings is 2. The smallest absolute Gasteiger partial charge is 0.243 e. The van der Waals surface area contributed by atoms with E-state index in [1.54, 1.807) is 55.5 Å². The molecular weight excluding hydrogens is 421 g/mol. The lowest BCUT2D eigenvalue weighted by molar-refractivity contribution is -0.121. The van der Waals surface area contributed by atoms with Crippen molar-refractivity contribution in [2.75, 3.05) is 31.5 Å². The van der Waals surface area contributed by atoms with Crippen molar-refractivity contribution < 1.29 is 13.2 Å². The molecule has 1 heterocycles. The van der Waals surface area contributed by atoms with Gasteiger partial charge >= 0.3 is 0 Å². The van der Waals surface area contributed by atoms with Crippen LogP contribution in [0.4, 0.5) is 5.69 Å². The first-order valence-electron chi connectivity index (χ1n) is 8.84. The zero-order valence-electron chi connectivity index (χ0n) is 15.3. The number of hydrogen-bond acceptors (Lipinski definition) is 4. The summed E-state index contributed by atoms with van der Waals surface area (Å²) in [4.78, 5) is 14.8. The summed E-state index contributed by atoms with van der Waals surface area (Å²) in [6.45, 7) is 3.36. The Bertz CT molecular complexity index is 946. The highest BCUT2D eigenvalue weighted by atomic mass is 35.5. The molecule has 2 aromatic carbocycles. The Hall–Kier alpha value is -1.64. The Kier molecular flexibility index (Phi) is 6.62. The van der Waals surface area contributed by atoms with Gasteiger partial charge in [-0.3, -0.25) is 9.69 Å². The molecule has 6 nitrogen and oxygen atoms in total. The number of rotatable bonds is 5. The minimum Gasteiger partial charge on any atom is -0.323 e. The molecule has 9 heteroatoms. The summed E-state index contributed by atoms with van der Waals surface area (Å²) in [5.74, 6) is -0.219. The first-order valence-corrected chi connectivity index (χ1v) is 11.0. The lowest BCUT2D eigenvalue weighted by Crippen LogP contribution is -2.53. The van der Waals surface area contributed by atoms with Gasteiger partial charge < -0.3 is 5.32 Å². The van der Waals surface area contributed by atoms with E-state index in [2.05, 4.69) is 5.32 Å². The molecule has 0 aromatic heterocycles. The van der Waals surface area contributed by atoms with Crippen molar-refractivity contribution in [1.82, 2.24) is 9.21 Å². The number of halogens is 2. The van der Waals surface area contributed by atoms with Gasteiger partial charge in [0.25, 0.3) is 0 Å². The minimum atomic E-state index is -3.52. The molecule has 1 N–H and O–H groups in total. The molecule has 1 aliphatic heterocycles. The van der Waals surface area contributed by atoms with E-state index in [4.69, 9.17) is 23.2 Å². The van der Waals surface area contributed by atoms with Crippen LogP contribution in [-0.4, -0.2) is 55.8 Å². The van der Waals surface area contributed by atoms with Crippen LogP contribution in [-0.2, 0) is 14.8 Å². The van der Waals surface area contributed by atoms with Crippen molar-refractivity contribution in [3.63, 3.8) is 0 Å². The summed E-state index contributed by atoms with van der Waals surface area (Å²) in [7, 11) is -3.52. The van der Waals surface area contributed by atoms with Gasteiger partial charge in [-0.05, 0) is 37.3 Å². The second kappa shape index (κ2) is 8.80. The van der Waals surface area contributed by atoms with Crippen LogP contribution in [0.3, 0.4) is 0 Å². The van der Waals surface area contributed by atoms with Crippen molar-refractivity contribution in [2.24, 2.45) is 0 Å². The van der Waals surface area contributed by atoms with E-state index in [1.807, 2.05) is 4.90 Å². The van der Waals surface area contributed by atoms with E-state index in [0.29, 0.717) is 41.9 Å². The molecule has 3 rings (SSSR count). The molecule has 0 aliphatic carbocycles. The second-order valence-corrected chi connectivity index (χ2v) is 9.32. The van der Waals surface area contributed by atoms with Gasteiger partial charge in [-0.15, -0.1) is 0 Å². The number of anilines is 1. The van der Waals surface area contributed by atoms with Gasteiger partial charge in [-0.1, -0.05) is 41.4 Å². The summed E-state index contributed by atoms with van der Waals surface area (Å²) >= 11 is 12.1. The lowest BCUT2D eigenvalue weighted by Gasteiger charge is -2.36. The topological polar surface area (TPSA) is 69.7 Å². The third kappa shape index (κ3) is 4.67. The van der Waals surface area contributed by atoms with E-state index in [-0.39, 0.29) is 10.8 Å². The molecule has 0 bridgehead atoms. The molecular formula is C19H21Cl2N3O3S. The molecule has 0 spiro atoms. The maximum Gasteiger partial charge on any atom is 0.243 e. The standard InChI is InChI=1S/C19H21Cl2N3O3S/c1-14(19(25)22-18-13-15(20)7-8-17(18)21)23-9-11-24(12-10-23)28(26,27)16-5-3-2-4-6-16/h2-8,13-14H,9-12H2,1H3,(H,22,25)/t14-/m0/s1. The molecule has 1 atom stereocenters. The SMILES string of the molecule is C[C@@H](C(=O)Nc1cc(Cl)ccc1Cl)N1CCN(S(=O)(=O)c2ccccc2)CC1. The minimum absolute atomic E-state index is 0.219. The van der Waals surface area contributed by atoms with E-state index in [0.717, 1.165) is 0 Å². The van der Waals surface area contributed by atoms with Crippen LogP contribution in [0.1, 0.15) is 6.92 Å². The molecule has 1 fully saturated rings. The van der Waals surface area contributed by atoms with Crippen molar-refractivity contribution in [1.29, 1.82) is 0 Å². The van der Waals surface area contributed by atoms with E-state index in [9.17, 15) is 13.2 Å². The fourth-order valence-electron chi connectivity index (χ4n) is 3.07. The van der Waals surface area contributed by atoms with E-state index >= 15 is 0 Å². The third-order valence-corrected chi connectivity index (χ3v) is 7.25.